The van der Waals surface area contributed by atoms with Gasteiger partial charge in [-0.25, -0.2) is 0 Å². The van der Waals surface area contributed by atoms with E-state index >= 15 is 0 Å². The Morgan fingerprint density at radius 1 is 0.760 bits per heavy atom. The van der Waals surface area contributed by atoms with Crippen molar-refractivity contribution < 1.29 is 19.3 Å². The number of hydrogen-bond donors (Lipinski definition) is 1. The van der Waals surface area contributed by atoms with Crippen molar-refractivity contribution in [1.29, 1.82) is 0 Å². The molecule has 0 aliphatic heterocycles. The minimum absolute atomic E-state index is 0.0142. The lowest BCUT2D eigenvalue weighted by Crippen LogP contribution is -1.96. The molecule has 1 rings (SSSR count). The van der Waals surface area contributed by atoms with Gasteiger partial charge in [-0.1, -0.05) is 58.4 Å². The zero-order valence-corrected chi connectivity index (χ0v) is 16.7. The summed E-state index contributed by atoms with van der Waals surface area (Å²) in [7, 11) is 3.15. The number of hydrogen-bond acceptors (Lipinski definition) is 4. The van der Waals surface area contributed by atoms with Crippen LogP contribution >= 0.6 is 0 Å². The van der Waals surface area contributed by atoms with Crippen molar-refractivity contribution >= 4 is 0 Å². The van der Waals surface area contributed by atoms with Gasteiger partial charge in [-0.2, -0.15) is 0 Å². The zero-order chi connectivity index (χ0) is 18.8. The third-order valence-corrected chi connectivity index (χ3v) is 3.91. The normalized spacial score (nSPS) is 10.1. The lowest BCUT2D eigenvalue weighted by Gasteiger charge is -2.07. The number of ether oxygens (including phenoxy) is 3. The van der Waals surface area contributed by atoms with Gasteiger partial charge in [0.2, 0.25) is 0 Å². The number of benzene rings is 1. The van der Waals surface area contributed by atoms with Crippen LogP contribution in [-0.2, 0) is 11.3 Å². The highest BCUT2D eigenvalue weighted by molar-refractivity contribution is 5.42. The molecule has 1 aromatic carbocycles. The number of unbranched alkanes of at least 4 members (excludes halogenated alkanes) is 6. The Kier molecular flexibility index (Phi) is 16.7. The van der Waals surface area contributed by atoms with E-state index < -0.39 is 0 Å². The molecule has 4 heteroatoms. The summed E-state index contributed by atoms with van der Waals surface area (Å²) in [4.78, 5) is 0. The molecule has 0 unspecified atom stereocenters. The molecule has 0 saturated carbocycles. The van der Waals surface area contributed by atoms with E-state index in [1.807, 2.05) is 0 Å². The van der Waals surface area contributed by atoms with Crippen LogP contribution in [0.3, 0.4) is 0 Å². The van der Waals surface area contributed by atoms with Crippen LogP contribution < -0.4 is 9.47 Å². The average molecular weight is 355 g/mol. The summed E-state index contributed by atoms with van der Waals surface area (Å²) in [5.41, 5.74) is 0.813. The molecular weight excluding hydrogens is 316 g/mol. The lowest BCUT2D eigenvalue weighted by atomic mass is 10.2. The minimum atomic E-state index is 0.0142. The van der Waals surface area contributed by atoms with Gasteiger partial charge in [-0.05, 0) is 30.5 Å². The van der Waals surface area contributed by atoms with Crippen LogP contribution in [-0.4, -0.2) is 32.5 Å². The Labute approximate surface area is 154 Å². The summed E-state index contributed by atoms with van der Waals surface area (Å²) in [5, 5.41) is 8.82. The van der Waals surface area contributed by atoms with Crippen molar-refractivity contribution in [3.63, 3.8) is 0 Å². The van der Waals surface area contributed by atoms with Crippen LogP contribution in [0, 0.1) is 0 Å². The van der Waals surface area contributed by atoms with Crippen molar-refractivity contribution in [2.24, 2.45) is 0 Å². The largest absolute Gasteiger partial charge is 0.493 e. The molecule has 25 heavy (non-hydrogen) atoms. The first-order chi connectivity index (χ1) is 12.2. The van der Waals surface area contributed by atoms with Crippen LogP contribution in [0.2, 0.25) is 0 Å². The van der Waals surface area contributed by atoms with Gasteiger partial charge in [0, 0.05) is 13.2 Å². The summed E-state index contributed by atoms with van der Waals surface area (Å²) in [6.45, 7) is 6.45. The van der Waals surface area contributed by atoms with E-state index in [1.54, 1.807) is 32.4 Å². The summed E-state index contributed by atoms with van der Waals surface area (Å²) in [5.74, 6) is 1.32. The summed E-state index contributed by atoms with van der Waals surface area (Å²) < 4.78 is 15.6. The standard InChI is InChI=1S/C12H26O.C9H12O3/c1-3-5-7-9-11-13-12-10-8-6-4-2;1-11-8-4-3-7(6-10)5-9(8)12-2/h3-12H2,1-2H3;3-5,10H,6H2,1-2H3. The maximum absolute atomic E-state index is 8.82. The average Bonchev–Trinajstić information content (AvgIpc) is 2.66. The van der Waals surface area contributed by atoms with E-state index in [4.69, 9.17) is 19.3 Å². The van der Waals surface area contributed by atoms with Gasteiger partial charge in [-0.3, -0.25) is 0 Å². The smallest absolute Gasteiger partial charge is 0.161 e. The highest BCUT2D eigenvalue weighted by Crippen LogP contribution is 2.27. The molecule has 0 spiro atoms. The molecule has 0 saturated heterocycles. The summed E-state index contributed by atoms with van der Waals surface area (Å²) >= 11 is 0. The fourth-order valence-corrected chi connectivity index (χ4v) is 2.34. The van der Waals surface area contributed by atoms with Gasteiger partial charge in [0.1, 0.15) is 0 Å². The number of aliphatic hydroxyl groups excluding tert-OH is 1. The Bertz CT molecular complexity index is 397. The molecule has 0 aliphatic carbocycles. The van der Waals surface area contributed by atoms with Gasteiger partial charge in [0.15, 0.2) is 11.5 Å². The Morgan fingerprint density at radius 3 is 1.76 bits per heavy atom. The van der Waals surface area contributed by atoms with Crippen molar-refractivity contribution in [2.75, 3.05) is 27.4 Å². The van der Waals surface area contributed by atoms with Crippen LogP contribution in [0.1, 0.15) is 70.8 Å². The van der Waals surface area contributed by atoms with E-state index in [-0.39, 0.29) is 6.61 Å². The molecule has 4 nitrogen and oxygen atoms in total. The molecule has 1 N–H and O–H groups in total. The third kappa shape index (κ3) is 12.7. The predicted molar refractivity (Wildman–Crippen MR) is 105 cm³/mol. The second-order valence-electron chi connectivity index (χ2n) is 6.08. The highest BCUT2D eigenvalue weighted by atomic mass is 16.5. The third-order valence-electron chi connectivity index (χ3n) is 3.91. The Hall–Kier alpha value is -1.26. The van der Waals surface area contributed by atoms with E-state index in [9.17, 15) is 0 Å². The molecule has 0 aromatic heterocycles. The maximum Gasteiger partial charge on any atom is 0.161 e. The quantitative estimate of drug-likeness (QED) is 0.484. The molecule has 146 valence electrons. The van der Waals surface area contributed by atoms with Crippen molar-refractivity contribution in [3.8, 4) is 11.5 Å². The molecule has 0 heterocycles. The summed E-state index contributed by atoms with van der Waals surface area (Å²) in [6, 6.07) is 5.31. The van der Waals surface area contributed by atoms with Crippen molar-refractivity contribution in [3.05, 3.63) is 23.8 Å². The number of aliphatic hydroxyl groups is 1. The molecule has 0 radical (unpaired) electrons. The van der Waals surface area contributed by atoms with E-state index in [1.165, 1.54) is 51.4 Å². The first kappa shape index (κ1) is 23.7. The van der Waals surface area contributed by atoms with Crippen LogP contribution in [0.25, 0.3) is 0 Å². The molecule has 1 aromatic rings. The second-order valence-corrected chi connectivity index (χ2v) is 6.08. The monoisotopic (exact) mass is 354 g/mol. The predicted octanol–water partition coefficient (Wildman–Crippen LogP) is 5.36. The fraction of sp³-hybridized carbons (Fsp3) is 0.714. The van der Waals surface area contributed by atoms with Gasteiger partial charge in [0.05, 0.1) is 20.8 Å². The summed E-state index contributed by atoms with van der Waals surface area (Å²) in [6.07, 6.45) is 10.5. The van der Waals surface area contributed by atoms with E-state index in [2.05, 4.69) is 13.8 Å². The topological polar surface area (TPSA) is 47.9 Å². The lowest BCUT2D eigenvalue weighted by molar-refractivity contribution is 0.126. The Morgan fingerprint density at radius 2 is 1.32 bits per heavy atom. The van der Waals surface area contributed by atoms with Crippen molar-refractivity contribution in [2.45, 2.75) is 71.8 Å². The van der Waals surface area contributed by atoms with Gasteiger partial charge >= 0.3 is 0 Å². The van der Waals surface area contributed by atoms with Crippen molar-refractivity contribution in [1.82, 2.24) is 0 Å². The second kappa shape index (κ2) is 17.6. The van der Waals surface area contributed by atoms with Gasteiger partial charge in [-0.15, -0.1) is 0 Å². The van der Waals surface area contributed by atoms with Gasteiger partial charge in [0.25, 0.3) is 0 Å². The molecule has 0 fully saturated rings. The molecule has 0 aliphatic rings. The highest BCUT2D eigenvalue weighted by Gasteiger charge is 2.02. The SMILES string of the molecule is CCCCCCOCCCCCC.COc1ccc(CO)cc1OC. The first-order valence-corrected chi connectivity index (χ1v) is 9.62. The molecule has 0 amide bonds. The van der Waals surface area contributed by atoms with Crippen LogP contribution in [0.15, 0.2) is 18.2 Å². The molecular formula is C21H38O4. The van der Waals surface area contributed by atoms with E-state index in [0.717, 1.165) is 18.8 Å². The van der Waals surface area contributed by atoms with Crippen LogP contribution in [0.4, 0.5) is 0 Å². The fourth-order valence-electron chi connectivity index (χ4n) is 2.34. The first-order valence-electron chi connectivity index (χ1n) is 9.62. The number of rotatable bonds is 13. The number of methoxy groups -OCH3 is 2. The molecule has 0 atom stereocenters. The molecule has 0 bridgehead atoms. The Balaban J connectivity index is 0.000000462. The van der Waals surface area contributed by atoms with E-state index in [0.29, 0.717) is 11.5 Å². The minimum Gasteiger partial charge on any atom is -0.493 e. The van der Waals surface area contributed by atoms with Crippen LogP contribution in [0.5, 0.6) is 11.5 Å². The van der Waals surface area contributed by atoms with Gasteiger partial charge < -0.3 is 19.3 Å². The zero-order valence-electron chi connectivity index (χ0n) is 16.7. The maximum atomic E-state index is 8.82.